The van der Waals surface area contributed by atoms with Gasteiger partial charge >= 0.3 is 6.09 Å². The van der Waals surface area contributed by atoms with Crippen LogP contribution in [0.3, 0.4) is 0 Å². The number of hydrogen-bond donors (Lipinski definition) is 2. The third-order valence-corrected chi connectivity index (χ3v) is 1.92. The quantitative estimate of drug-likeness (QED) is 0.783. The number of ether oxygens (including phenoxy) is 1. The fourth-order valence-electron chi connectivity index (χ4n) is 0.972. The van der Waals surface area contributed by atoms with E-state index in [0.29, 0.717) is 5.69 Å². The van der Waals surface area contributed by atoms with E-state index in [-0.39, 0.29) is 18.2 Å². The minimum Gasteiger partial charge on any atom is -0.508 e. The second-order valence-electron chi connectivity index (χ2n) is 2.95. The number of phenols is 1. The van der Waals surface area contributed by atoms with Crippen LogP contribution in [0.5, 0.6) is 5.75 Å². The van der Waals surface area contributed by atoms with Gasteiger partial charge in [0.25, 0.3) is 0 Å². The number of rotatable bonds is 3. The second-order valence-corrected chi connectivity index (χ2v) is 3.33. The van der Waals surface area contributed by atoms with Crippen LogP contribution in [0.4, 0.5) is 10.5 Å². The number of aromatic hydroxyl groups is 1. The Morgan fingerprint density at radius 1 is 1.60 bits per heavy atom. The molecule has 0 bridgehead atoms. The Morgan fingerprint density at radius 2 is 2.33 bits per heavy atom. The highest BCUT2D eigenvalue weighted by Gasteiger charge is 2.04. The molecule has 1 amide bonds. The number of carbonyl (C=O) groups excluding carboxylic acids is 1. The topological polar surface area (TPSA) is 58.6 Å². The molecule has 0 aliphatic carbocycles. The molecule has 1 aromatic carbocycles. The lowest BCUT2D eigenvalue weighted by molar-refractivity contribution is 0.168. The van der Waals surface area contributed by atoms with Crippen LogP contribution < -0.4 is 5.32 Å². The molecule has 0 aliphatic rings. The molecule has 15 heavy (non-hydrogen) atoms. The zero-order valence-corrected chi connectivity index (χ0v) is 9.04. The average molecular weight is 230 g/mol. The van der Waals surface area contributed by atoms with E-state index in [1.165, 1.54) is 6.07 Å². The molecule has 0 spiro atoms. The molecule has 5 heteroatoms. The molecular weight excluding hydrogens is 218 g/mol. The summed E-state index contributed by atoms with van der Waals surface area (Å²) in [6.45, 7) is 1.93. The number of anilines is 1. The van der Waals surface area contributed by atoms with Gasteiger partial charge in [-0.3, -0.25) is 5.32 Å². The number of phenolic OH excluding ortho intramolecular Hbond substituents is 1. The van der Waals surface area contributed by atoms with Crippen molar-refractivity contribution in [2.45, 2.75) is 6.92 Å². The Balaban J connectivity index is 2.57. The van der Waals surface area contributed by atoms with Gasteiger partial charge in [-0.25, -0.2) is 4.79 Å². The molecule has 0 fully saturated rings. The Bertz CT molecular complexity index is 355. The van der Waals surface area contributed by atoms with Crippen LogP contribution >= 0.6 is 11.6 Å². The van der Waals surface area contributed by atoms with Crippen LogP contribution in [0.25, 0.3) is 0 Å². The molecule has 0 atom stereocenters. The highest BCUT2D eigenvalue weighted by Crippen LogP contribution is 2.20. The van der Waals surface area contributed by atoms with Crippen molar-refractivity contribution in [3.63, 3.8) is 0 Å². The van der Waals surface area contributed by atoms with Crippen LogP contribution in [0.2, 0.25) is 0 Å². The van der Waals surface area contributed by atoms with Gasteiger partial charge in [0.2, 0.25) is 0 Å². The van der Waals surface area contributed by atoms with Crippen LogP contribution in [0, 0.1) is 6.92 Å². The lowest BCUT2D eigenvalue weighted by atomic mass is 10.2. The lowest BCUT2D eigenvalue weighted by Gasteiger charge is -2.06. The summed E-state index contributed by atoms with van der Waals surface area (Å²) in [6.07, 6.45) is -0.584. The molecule has 0 heterocycles. The molecule has 0 saturated heterocycles. The first-order valence-corrected chi connectivity index (χ1v) is 4.96. The molecule has 4 nitrogen and oxygen atoms in total. The van der Waals surface area contributed by atoms with Crippen molar-refractivity contribution in [2.24, 2.45) is 0 Å². The van der Waals surface area contributed by atoms with Gasteiger partial charge in [-0.1, -0.05) is 6.07 Å². The third kappa shape index (κ3) is 3.67. The van der Waals surface area contributed by atoms with Gasteiger partial charge in [0.1, 0.15) is 12.4 Å². The van der Waals surface area contributed by atoms with Crippen molar-refractivity contribution in [3.8, 4) is 5.75 Å². The van der Waals surface area contributed by atoms with Crippen molar-refractivity contribution in [2.75, 3.05) is 17.8 Å². The van der Waals surface area contributed by atoms with E-state index in [9.17, 15) is 9.90 Å². The third-order valence-electron chi connectivity index (χ3n) is 1.77. The minimum atomic E-state index is -0.584. The van der Waals surface area contributed by atoms with Crippen molar-refractivity contribution >= 4 is 23.4 Å². The monoisotopic (exact) mass is 229 g/mol. The number of benzene rings is 1. The molecule has 2 N–H and O–H groups in total. The fraction of sp³-hybridized carbons (Fsp3) is 0.300. The highest BCUT2D eigenvalue weighted by molar-refractivity contribution is 6.18. The largest absolute Gasteiger partial charge is 0.508 e. The molecule has 0 saturated carbocycles. The molecule has 82 valence electrons. The summed E-state index contributed by atoms with van der Waals surface area (Å²) in [5.74, 6) is 0.386. The van der Waals surface area contributed by atoms with Crippen LogP contribution in [0.15, 0.2) is 18.2 Å². The van der Waals surface area contributed by atoms with Gasteiger partial charge < -0.3 is 9.84 Å². The smallest absolute Gasteiger partial charge is 0.411 e. The van der Waals surface area contributed by atoms with Gasteiger partial charge in [0.05, 0.1) is 5.88 Å². The van der Waals surface area contributed by atoms with Crippen LogP contribution in [-0.4, -0.2) is 23.7 Å². The average Bonchev–Trinajstić information content (AvgIpc) is 2.20. The maximum Gasteiger partial charge on any atom is 0.411 e. The van der Waals surface area contributed by atoms with Gasteiger partial charge in [0, 0.05) is 11.8 Å². The minimum absolute atomic E-state index is 0.130. The summed E-state index contributed by atoms with van der Waals surface area (Å²) < 4.78 is 4.70. The first kappa shape index (κ1) is 11.7. The summed E-state index contributed by atoms with van der Waals surface area (Å²) in [5, 5.41) is 11.8. The van der Waals surface area contributed by atoms with E-state index in [2.05, 4.69) is 5.32 Å². The zero-order valence-electron chi connectivity index (χ0n) is 8.29. The normalized spacial score (nSPS) is 9.73. The number of aryl methyl sites for hydroxylation is 1. The fourth-order valence-corrected chi connectivity index (χ4v) is 1.05. The first-order chi connectivity index (χ1) is 7.13. The lowest BCUT2D eigenvalue weighted by Crippen LogP contribution is -2.14. The molecule has 0 unspecified atom stereocenters. The van der Waals surface area contributed by atoms with E-state index < -0.39 is 6.09 Å². The highest BCUT2D eigenvalue weighted by atomic mass is 35.5. The van der Waals surface area contributed by atoms with Gasteiger partial charge in [-0.15, -0.1) is 11.6 Å². The van der Waals surface area contributed by atoms with Crippen molar-refractivity contribution in [1.29, 1.82) is 0 Å². The number of carbonyl (C=O) groups is 1. The number of alkyl halides is 1. The molecule has 1 aromatic rings. The van der Waals surface area contributed by atoms with Crippen molar-refractivity contribution in [1.82, 2.24) is 0 Å². The van der Waals surface area contributed by atoms with E-state index in [0.717, 1.165) is 5.56 Å². The van der Waals surface area contributed by atoms with Gasteiger partial charge in [0.15, 0.2) is 0 Å². The molecule has 1 rings (SSSR count). The number of halogens is 1. The molecule has 0 radical (unpaired) electrons. The molecular formula is C10H12ClNO3. The van der Waals surface area contributed by atoms with E-state index >= 15 is 0 Å². The van der Waals surface area contributed by atoms with E-state index in [1.807, 2.05) is 0 Å². The van der Waals surface area contributed by atoms with Crippen LogP contribution in [-0.2, 0) is 4.74 Å². The number of nitrogens with one attached hydrogen (secondary N) is 1. The Kier molecular flexibility index (Phi) is 4.24. The molecule has 0 aliphatic heterocycles. The zero-order chi connectivity index (χ0) is 11.3. The Morgan fingerprint density at radius 3 is 2.93 bits per heavy atom. The Hall–Kier alpha value is -1.42. The predicted molar refractivity (Wildman–Crippen MR) is 58.5 cm³/mol. The predicted octanol–water partition coefficient (Wildman–Crippen LogP) is 2.49. The summed E-state index contributed by atoms with van der Waals surface area (Å²) in [5.41, 5.74) is 1.23. The molecule has 0 aromatic heterocycles. The van der Waals surface area contributed by atoms with E-state index in [4.69, 9.17) is 16.3 Å². The Labute approximate surface area is 92.8 Å². The second kappa shape index (κ2) is 5.46. The standard InChI is InChI=1S/C10H12ClNO3/c1-7-2-3-8(6-9(7)13)12-10(14)15-5-4-11/h2-3,6,13H,4-5H2,1H3,(H,12,14). The maximum absolute atomic E-state index is 11.1. The van der Waals surface area contributed by atoms with E-state index in [1.54, 1.807) is 19.1 Å². The van der Waals surface area contributed by atoms with Crippen molar-refractivity contribution < 1.29 is 14.6 Å². The summed E-state index contributed by atoms with van der Waals surface area (Å²) in [6, 6.07) is 4.83. The van der Waals surface area contributed by atoms with Gasteiger partial charge in [-0.05, 0) is 18.6 Å². The summed E-state index contributed by atoms with van der Waals surface area (Å²) in [4.78, 5) is 11.1. The van der Waals surface area contributed by atoms with Gasteiger partial charge in [-0.2, -0.15) is 0 Å². The number of amides is 1. The summed E-state index contributed by atoms with van der Waals surface area (Å²) in [7, 11) is 0. The maximum atomic E-state index is 11.1. The van der Waals surface area contributed by atoms with Crippen molar-refractivity contribution in [3.05, 3.63) is 23.8 Å². The van der Waals surface area contributed by atoms with Crippen LogP contribution in [0.1, 0.15) is 5.56 Å². The first-order valence-electron chi connectivity index (χ1n) is 4.43. The number of hydrogen-bond acceptors (Lipinski definition) is 3. The SMILES string of the molecule is Cc1ccc(NC(=O)OCCCl)cc1O. The summed E-state index contributed by atoms with van der Waals surface area (Å²) >= 11 is 5.35.